The number of allylic oxidation sites excluding steroid dienone is 2. The van der Waals surface area contributed by atoms with Crippen molar-refractivity contribution >= 4 is 5.97 Å². The first kappa shape index (κ1) is 24.1. The Balaban J connectivity index is 3.20. The molecule has 0 saturated heterocycles. The van der Waals surface area contributed by atoms with E-state index in [1.54, 1.807) is 0 Å². The van der Waals surface area contributed by atoms with Crippen molar-refractivity contribution in [3.63, 3.8) is 0 Å². The Hall–Kier alpha value is -0.870. The number of aliphatic hydroxyl groups excluding tert-OH is 1. The first-order valence-electron chi connectivity index (χ1n) is 10.3. The van der Waals surface area contributed by atoms with Crippen LogP contribution in [0.3, 0.4) is 0 Å². The fourth-order valence-corrected chi connectivity index (χ4v) is 2.69. The quantitative estimate of drug-likeness (QED) is 0.152. The zero-order valence-electron chi connectivity index (χ0n) is 16.3. The molecule has 0 aromatic rings. The van der Waals surface area contributed by atoms with Crippen molar-refractivity contribution in [2.24, 2.45) is 0 Å². The van der Waals surface area contributed by atoms with Gasteiger partial charge in [-0.3, -0.25) is 4.79 Å². The monoisotopic (exact) mass is 356 g/mol. The molecule has 0 rings (SSSR count). The third kappa shape index (κ3) is 21.1. The maximum absolute atomic E-state index is 11.4. The molecule has 0 aromatic heterocycles. The van der Waals surface area contributed by atoms with Crippen molar-refractivity contribution in [3.8, 4) is 0 Å². The van der Waals surface area contributed by atoms with Gasteiger partial charge < -0.3 is 14.9 Å². The number of esters is 1. The molecule has 0 unspecified atom stereocenters. The SMILES string of the molecule is CCCCCCCC/C=C/CCCCCCCC(=O)OCCC(O)O. The van der Waals surface area contributed by atoms with Gasteiger partial charge in [0.05, 0.1) is 6.61 Å². The molecule has 0 atom stereocenters. The maximum atomic E-state index is 11.4. The maximum Gasteiger partial charge on any atom is 0.305 e. The highest BCUT2D eigenvalue weighted by Gasteiger charge is 2.04. The molecule has 0 bridgehead atoms. The van der Waals surface area contributed by atoms with E-state index in [0.29, 0.717) is 6.42 Å². The van der Waals surface area contributed by atoms with E-state index in [-0.39, 0.29) is 19.0 Å². The number of carbonyl (C=O) groups is 1. The predicted molar refractivity (Wildman–Crippen MR) is 103 cm³/mol. The third-order valence-electron chi connectivity index (χ3n) is 4.28. The summed E-state index contributed by atoms with van der Waals surface area (Å²) in [5, 5.41) is 17.3. The number of aliphatic hydroxyl groups is 2. The number of rotatable bonds is 18. The minimum absolute atomic E-state index is 0.0815. The number of ether oxygens (including phenoxy) is 1. The molecular weight excluding hydrogens is 316 g/mol. The van der Waals surface area contributed by atoms with Crippen LogP contribution in [0.1, 0.15) is 103 Å². The van der Waals surface area contributed by atoms with Gasteiger partial charge in [-0.1, -0.05) is 70.4 Å². The van der Waals surface area contributed by atoms with Crippen molar-refractivity contribution in [2.45, 2.75) is 110 Å². The van der Waals surface area contributed by atoms with E-state index in [0.717, 1.165) is 19.3 Å². The Labute approximate surface area is 154 Å². The summed E-state index contributed by atoms with van der Waals surface area (Å²) in [4.78, 5) is 11.4. The van der Waals surface area contributed by atoms with E-state index < -0.39 is 6.29 Å². The highest BCUT2D eigenvalue weighted by Crippen LogP contribution is 2.10. The lowest BCUT2D eigenvalue weighted by Gasteiger charge is -2.05. The van der Waals surface area contributed by atoms with Crippen LogP contribution in [-0.4, -0.2) is 29.1 Å². The third-order valence-corrected chi connectivity index (χ3v) is 4.28. The average Bonchev–Trinajstić information content (AvgIpc) is 2.58. The second-order valence-corrected chi connectivity index (χ2v) is 6.82. The van der Waals surface area contributed by atoms with Gasteiger partial charge in [0.2, 0.25) is 0 Å². The summed E-state index contributed by atoms with van der Waals surface area (Å²) in [5.74, 6) is -0.238. The Morgan fingerprint density at radius 3 is 1.92 bits per heavy atom. The van der Waals surface area contributed by atoms with E-state index in [4.69, 9.17) is 14.9 Å². The Kier molecular flexibility index (Phi) is 18.8. The topological polar surface area (TPSA) is 66.8 Å². The van der Waals surface area contributed by atoms with Gasteiger partial charge >= 0.3 is 5.97 Å². The Morgan fingerprint density at radius 2 is 1.36 bits per heavy atom. The van der Waals surface area contributed by atoms with Crippen molar-refractivity contribution in [3.05, 3.63) is 12.2 Å². The number of hydrogen-bond acceptors (Lipinski definition) is 4. The summed E-state index contributed by atoms with van der Waals surface area (Å²) in [6.07, 6.45) is 19.8. The molecular formula is C21H40O4. The van der Waals surface area contributed by atoms with Gasteiger partial charge in [0.15, 0.2) is 6.29 Å². The minimum Gasteiger partial charge on any atom is -0.465 e. The van der Waals surface area contributed by atoms with Gasteiger partial charge in [-0.2, -0.15) is 0 Å². The standard InChI is InChI=1S/C21H40O4/c1-2-3-4-5-6-7-8-9-10-11-12-13-14-15-16-17-21(24)25-19-18-20(22)23/h9-10,20,22-23H,2-8,11-19H2,1H3/b10-9+. The van der Waals surface area contributed by atoms with Crippen LogP contribution >= 0.6 is 0 Å². The van der Waals surface area contributed by atoms with Crippen LogP contribution < -0.4 is 0 Å². The molecule has 0 saturated carbocycles. The molecule has 4 nitrogen and oxygen atoms in total. The van der Waals surface area contributed by atoms with E-state index in [9.17, 15) is 4.79 Å². The predicted octanol–water partition coefficient (Wildman–Crippen LogP) is 5.27. The fraction of sp³-hybridized carbons (Fsp3) is 0.857. The molecule has 0 spiro atoms. The van der Waals surface area contributed by atoms with Crippen LogP contribution in [0, 0.1) is 0 Å². The summed E-state index contributed by atoms with van der Waals surface area (Å²) in [6, 6.07) is 0. The zero-order chi connectivity index (χ0) is 18.6. The highest BCUT2D eigenvalue weighted by atomic mass is 16.5. The lowest BCUT2D eigenvalue weighted by atomic mass is 10.1. The molecule has 0 aromatic carbocycles. The first-order chi connectivity index (χ1) is 12.2. The van der Waals surface area contributed by atoms with Gasteiger partial charge in [0.25, 0.3) is 0 Å². The second kappa shape index (κ2) is 19.5. The second-order valence-electron chi connectivity index (χ2n) is 6.82. The van der Waals surface area contributed by atoms with Crippen LogP contribution in [0.5, 0.6) is 0 Å². The van der Waals surface area contributed by atoms with Crippen molar-refractivity contribution in [1.82, 2.24) is 0 Å². The van der Waals surface area contributed by atoms with E-state index in [1.165, 1.54) is 64.2 Å². The minimum atomic E-state index is -1.40. The Morgan fingerprint density at radius 1 is 0.840 bits per heavy atom. The molecule has 0 heterocycles. The summed E-state index contributed by atoms with van der Waals surface area (Å²) in [7, 11) is 0. The first-order valence-corrected chi connectivity index (χ1v) is 10.3. The Bertz CT molecular complexity index is 313. The summed E-state index contributed by atoms with van der Waals surface area (Å²) < 4.78 is 4.90. The molecule has 0 aliphatic heterocycles. The largest absolute Gasteiger partial charge is 0.465 e. The summed E-state index contributed by atoms with van der Waals surface area (Å²) in [6.45, 7) is 2.34. The lowest BCUT2D eigenvalue weighted by molar-refractivity contribution is -0.146. The van der Waals surface area contributed by atoms with Crippen LogP contribution in [-0.2, 0) is 9.53 Å². The smallest absolute Gasteiger partial charge is 0.305 e. The van der Waals surface area contributed by atoms with Crippen LogP contribution in [0.15, 0.2) is 12.2 Å². The van der Waals surface area contributed by atoms with Crippen LogP contribution in [0.2, 0.25) is 0 Å². The van der Waals surface area contributed by atoms with Gasteiger partial charge in [-0.15, -0.1) is 0 Å². The lowest BCUT2D eigenvalue weighted by Crippen LogP contribution is -2.12. The molecule has 0 aliphatic rings. The highest BCUT2D eigenvalue weighted by molar-refractivity contribution is 5.69. The zero-order valence-corrected chi connectivity index (χ0v) is 16.3. The molecule has 0 fully saturated rings. The normalized spacial score (nSPS) is 11.5. The molecule has 0 amide bonds. The number of carbonyl (C=O) groups excluding carboxylic acids is 1. The van der Waals surface area contributed by atoms with Crippen molar-refractivity contribution < 1.29 is 19.7 Å². The van der Waals surface area contributed by atoms with Crippen LogP contribution in [0.4, 0.5) is 0 Å². The molecule has 0 radical (unpaired) electrons. The van der Waals surface area contributed by atoms with Gasteiger partial charge in [0.1, 0.15) is 0 Å². The fourth-order valence-electron chi connectivity index (χ4n) is 2.69. The number of hydrogen-bond donors (Lipinski definition) is 2. The molecule has 4 heteroatoms. The summed E-state index contributed by atoms with van der Waals surface area (Å²) in [5.41, 5.74) is 0. The van der Waals surface area contributed by atoms with E-state index in [1.807, 2.05) is 0 Å². The van der Waals surface area contributed by atoms with Crippen molar-refractivity contribution in [1.29, 1.82) is 0 Å². The number of unbranched alkanes of at least 4 members (excludes halogenated alkanes) is 11. The van der Waals surface area contributed by atoms with E-state index in [2.05, 4.69) is 19.1 Å². The van der Waals surface area contributed by atoms with Crippen LogP contribution in [0.25, 0.3) is 0 Å². The molecule has 148 valence electrons. The van der Waals surface area contributed by atoms with Gasteiger partial charge in [-0.05, 0) is 32.1 Å². The average molecular weight is 357 g/mol. The molecule has 0 aliphatic carbocycles. The van der Waals surface area contributed by atoms with Gasteiger partial charge in [-0.25, -0.2) is 0 Å². The van der Waals surface area contributed by atoms with E-state index >= 15 is 0 Å². The molecule has 25 heavy (non-hydrogen) atoms. The van der Waals surface area contributed by atoms with Crippen molar-refractivity contribution in [2.75, 3.05) is 6.61 Å². The van der Waals surface area contributed by atoms with Gasteiger partial charge in [0, 0.05) is 12.8 Å². The molecule has 2 N–H and O–H groups in total. The summed E-state index contributed by atoms with van der Waals surface area (Å²) >= 11 is 0.